The highest BCUT2D eigenvalue weighted by Crippen LogP contribution is 2.13. The van der Waals surface area contributed by atoms with E-state index in [9.17, 15) is 14.4 Å². The normalized spacial score (nSPS) is 10.4. The molecule has 0 amide bonds. The number of hydrogen-bond donors (Lipinski definition) is 2. The second-order valence-electron chi connectivity index (χ2n) is 3.18. The van der Waals surface area contributed by atoms with Crippen LogP contribution in [0, 0.1) is 0 Å². The van der Waals surface area contributed by atoms with Gasteiger partial charge < -0.3 is 9.72 Å². The van der Waals surface area contributed by atoms with E-state index in [4.69, 9.17) is 4.74 Å². The van der Waals surface area contributed by atoms with Crippen molar-refractivity contribution in [1.82, 2.24) is 9.97 Å². The first-order valence-electron chi connectivity index (χ1n) is 4.62. The molecule has 0 fully saturated rings. The number of carbonyl (C=O) groups is 1. The largest absolute Gasteiger partial charge is 0.450 e. The Morgan fingerprint density at radius 2 is 2.06 bits per heavy atom. The number of alkyl halides is 1. The van der Waals surface area contributed by atoms with E-state index in [1.54, 1.807) is 6.07 Å². The zero-order valence-electron chi connectivity index (χ0n) is 8.45. The number of H-pyrrole nitrogens is 2. The number of esters is 1. The van der Waals surface area contributed by atoms with Crippen LogP contribution in [0.3, 0.4) is 0 Å². The molecule has 0 radical (unpaired) electrons. The minimum atomic E-state index is -0.665. The molecule has 1 aromatic carbocycles. The smallest absolute Gasteiger partial charge is 0.341 e. The van der Waals surface area contributed by atoms with E-state index < -0.39 is 17.2 Å². The van der Waals surface area contributed by atoms with E-state index in [0.29, 0.717) is 0 Å². The van der Waals surface area contributed by atoms with E-state index >= 15 is 0 Å². The fraction of sp³-hybridized carbons (Fsp3) is 0.100. The van der Waals surface area contributed by atoms with E-state index in [1.165, 1.54) is 12.1 Å². The Balaban J connectivity index is 2.77. The molecule has 0 unspecified atom stereocenters. The van der Waals surface area contributed by atoms with Crippen molar-refractivity contribution in [3.05, 3.63) is 44.6 Å². The van der Waals surface area contributed by atoms with Gasteiger partial charge in [0, 0.05) is 0 Å². The summed E-state index contributed by atoms with van der Waals surface area (Å²) in [6, 6.07) is 4.53. The number of para-hydroxylation sites is 1. The number of halogens is 1. The molecule has 2 N–H and O–H groups in total. The van der Waals surface area contributed by atoms with Crippen molar-refractivity contribution in [2.24, 2.45) is 0 Å². The minimum Gasteiger partial charge on any atom is -0.450 e. The third-order valence-corrected chi connectivity index (χ3v) is 2.41. The first-order chi connectivity index (χ1) is 8.13. The second-order valence-corrected chi connectivity index (χ2v) is 3.64. The van der Waals surface area contributed by atoms with Crippen molar-refractivity contribution in [3.63, 3.8) is 0 Å². The summed E-state index contributed by atoms with van der Waals surface area (Å²) in [6.45, 7) is 0. The molecule has 0 saturated carbocycles. The van der Waals surface area contributed by atoms with E-state index in [0.717, 1.165) is 0 Å². The van der Waals surface area contributed by atoms with Crippen LogP contribution in [-0.2, 0) is 4.74 Å². The van der Waals surface area contributed by atoms with E-state index in [-0.39, 0.29) is 22.0 Å². The molecule has 1 heterocycles. The van der Waals surface area contributed by atoms with Gasteiger partial charge in [-0.05, 0) is 28.1 Å². The van der Waals surface area contributed by atoms with Gasteiger partial charge in [0.25, 0.3) is 5.56 Å². The van der Waals surface area contributed by atoms with Gasteiger partial charge in [0.1, 0.15) is 5.52 Å². The lowest BCUT2D eigenvalue weighted by atomic mass is 10.1. The maximum atomic E-state index is 11.6. The van der Waals surface area contributed by atoms with Crippen LogP contribution < -0.4 is 11.2 Å². The lowest BCUT2D eigenvalue weighted by Gasteiger charge is -2.04. The van der Waals surface area contributed by atoms with Crippen molar-refractivity contribution < 1.29 is 9.53 Å². The van der Waals surface area contributed by atoms with Crippen molar-refractivity contribution in [3.8, 4) is 0 Å². The molecule has 0 aliphatic heterocycles. The molecule has 2 rings (SSSR count). The zero-order chi connectivity index (χ0) is 12.4. The van der Waals surface area contributed by atoms with Crippen LogP contribution in [0.25, 0.3) is 10.9 Å². The fourth-order valence-corrected chi connectivity index (χ4v) is 1.70. The Kier molecular flexibility index (Phi) is 3.10. The van der Waals surface area contributed by atoms with Crippen molar-refractivity contribution >= 4 is 32.8 Å². The van der Waals surface area contributed by atoms with Gasteiger partial charge in [0.2, 0.25) is 0 Å². The van der Waals surface area contributed by atoms with Gasteiger partial charge in [0.15, 0.2) is 0 Å². The topological polar surface area (TPSA) is 92.0 Å². The summed E-state index contributed by atoms with van der Waals surface area (Å²) in [4.78, 5) is 38.7. The number of benzene rings is 1. The third-order valence-electron chi connectivity index (χ3n) is 2.18. The molecule has 0 atom stereocenters. The van der Waals surface area contributed by atoms with Gasteiger partial charge in [-0.2, -0.15) is 0 Å². The molecule has 0 aliphatic rings. The predicted molar refractivity (Wildman–Crippen MR) is 64.4 cm³/mol. The molecule has 17 heavy (non-hydrogen) atoms. The van der Waals surface area contributed by atoms with Gasteiger partial charge in [-0.1, -0.05) is 6.07 Å². The number of rotatable bonds is 2. The summed E-state index contributed by atoms with van der Waals surface area (Å²) >= 11 is 2.96. The van der Waals surface area contributed by atoms with Gasteiger partial charge in [0.05, 0.1) is 16.5 Å². The molecule has 0 saturated heterocycles. The van der Waals surface area contributed by atoms with Gasteiger partial charge in [-0.15, -0.1) is 0 Å². The molecule has 2 aromatic rings. The Bertz CT molecular complexity index is 689. The van der Waals surface area contributed by atoms with E-state index in [2.05, 4.69) is 25.9 Å². The molecule has 0 spiro atoms. The first-order valence-corrected chi connectivity index (χ1v) is 5.74. The molecular weight excluding hydrogens is 292 g/mol. The summed E-state index contributed by atoms with van der Waals surface area (Å²) in [6.07, 6.45) is 0. The standard InChI is InChI=1S/C10H7BrN2O4/c11-4-17-9(15)6-3-1-2-5-7(6)12-10(16)13-8(5)14/h1-3H,4H2,(H2,12,13,14,16). The molecule has 88 valence electrons. The molecular formula is C10H7BrN2O4. The monoisotopic (exact) mass is 298 g/mol. The number of nitrogens with one attached hydrogen (secondary N) is 2. The summed E-state index contributed by atoms with van der Waals surface area (Å²) in [5, 5.41) is 0.230. The highest BCUT2D eigenvalue weighted by molar-refractivity contribution is 9.09. The Morgan fingerprint density at radius 3 is 2.76 bits per heavy atom. The van der Waals surface area contributed by atoms with E-state index in [1.807, 2.05) is 0 Å². The lowest BCUT2D eigenvalue weighted by molar-refractivity contribution is 0.0586. The number of ether oxygens (including phenoxy) is 1. The van der Waals surface area contributed by atoms with Crippen molar-refractivity contribution in [2.75, 3.05) is 5.52 Å². The summed E-state index contributed by atoms with van der Waals surface area (Å²) in [5.41, 5.74) is -0.855. The predicted octanol–water partition coefficient (Wildman–Crippen LogP) is 0.726. The van der Waals surface area contributed by atoms with Crippen LogP contribution in [0.2, 0.25) is 0 Å². The minimum absolute atomic E-state index is 0.0373. The maximum Gasteiger partial charge on any atom is 0.341 e. The summed E-state index contributed by atoms with van der Waals surface area (Å²) < 4.78 is 4.76. The number of aromatic amines is 2. The van der Waals surface area contributed by atoms with Crippen molar-refractivity contribution in [2.45, 2.75) is 0 Å². The van der Waals surface area contributed by atoms with Crippen molar-refractivity contribution in [1.29, 1.82) is 0 Å². The van der Waals surface area contributed by atoms with Crippen LogP contribution in [0.5, 0.6) is 0 Å². The average Bonchev–Trinajstić information content (AvgIpc) is 2.28. The maximum absolute atomic E-state index is 11.6. The lowest BCUT2D eigenvalue weighted by Crippen LogP contribution is -2.23. The van der Waals surface area contributed by atoms with Crippen LogP contribution in [0.4, 0.5) is 0 Å². The van der Waals surface area contributed by atoms with Crippen LogP contribution >= 0.6 is 15.9 Å². The highest BCUT2D eigenvalue weighted by Gasteiger charge is 2.13. The molecule has 6 nitrogen and oxygen atoms in total. The molecule has 0 bridgehead atoms. The number of fused-ring (bicyclic) bond motifs is 1. The first kappa shape index (κ1) is 11.6. The summed E-state index contributed by atoms with van der Waals surface area (Å²) in [5.74, 6) is -0.617. The van der Waals surface area contributed by atoms with Gasteiger partial charge >= 0.3 is 11.7 Å². The number of carbonyl (C=O) groups excluding carboxylic acids is 1. The average molecular weight is 299 g/mol. The van der Waals surface area contributed by atoms with Gasteiger partial charge in [-0.25, -0.2) is 9.59 Å². The van der Waals surface area contributed by atoms with Gasteiger partial charge in [-0.3, -0.25) is 9.78 Å². The van der Waals surface area contributed by atoms with Crippen LogP contribution in [0.1, 0.15) is 10.4 Å². The molecule has 1 aromatic heterocycles. The Morgan fingerprint density at radius 1 is 1.29 bits per heavy atom. The Hall–Kier alpha value is -1.89. The third kappa shape index (κ3) is 2.14. The summed E-state index contributed by atoms with van der Waals surface area (Å²) in [7, 11) is 0. The van der Waals surface area contributed by atoms with Crippen LogP contribution in [0.15, 0.2) is 27.8 Å². The highest BCUT2D eigenvalue weighted by atomic mass is 79.9. The zero-order valence-corrected chi connectivity index (χ0v) is 10.0. The Labute approximate surface area is 103 Å². The van der Waals surface area contributed by atoms with Crippen LogP contribution in [-0.4, -0.2) is 21.5 Å². The number of hydrogen-bond acceptors (Lipinski definition) is 4. The fourth-order valence-electron chi connectivity index (χ4n) is 1.49. The quantitative estimate of drug-likeness (QED) is 0.631. The molecule has 0 aliphatic carbocycles. The second kappa shape index (κ2) is 4.54. The molecule has 7 heteroatoms. The number of aromatic nitrogens is 2. The SMILES string of the molecule is O=C(OCBr)c1cccc2c(=O)[nH]c(=O)[nH]c12.